The van der Waals surface area contributed by atoms with Gasteiger partial charge in [-0.25, -0.2) is 0 Å². The molecule has 3 heteroatoms. The van der Waals surface area contributed by atoms with Crippen LogP contribution in [-0.4, -0.2) is 16.0 Å². The zero-order chi connectivity index (χ0) is 11.0. The van der Waals surface area contributed by atoms with Crippen molar-refractivity contribution >= 4 is 17.6 Å². The van der Waals surface area contributed by atoms with E-state index in [1.165, 1.54) is 6.42 Å². The topological polar surface area (TPSA) is 37.3 Å². The summed E-state index contributed by atoms with van der Waals surface area (Å²) in [7, 11) is 0. The molecule has 84 valence electrons. The lowest BCUT2D eigenvalue weighted by atomic mass is 9.95. The quantitative estimate of drug-likeness (QED) is 0.499. The van der Waals surface area contributed by atoms with Crippen LogP contribution in [0.1, 0.15) is 58.8 Å². The van der Waals surface area contributed by atoms with Crippen LogP contribution in [0.15, 0.2) is 0 Å². The molecular weight excluding hydrogens is 200 g/mol. The maximum Gasteiger partial charge on any atom is 0.324 e. The summed E-state index contributed by atoms with van der Waals surface area (Å²) in [6.45, 7) is 4.10. The molecule has 0 bridgehead atoms. The molecule has 0 radical (unpaired) electrons. The van der Waals surface area contributed by atoms with Gasteiger partial charge in [0, 0.05) is 0 Å². The van der Waals surface area contributed by atoms with Crippen molar-refractivity contribution in [1.82, 2.24) is 0 Å². The van der Waals surface area contributed by atoms with Crippen LogP contribution < -0.4 is 0 Å². The molecule has 0 aromatic carbocycles. The second-order valence-corrected chi connectivity index (χ2v) is 4.55. The Balaban J connectivity index is 3.90. The molecule has 0 aliphatic heterocycles. The van der Waals surface area contributed by atoms with E-state index >= 15 is 0 Å². The van der Waals surface area contributed by atoms with Crippen molar-refractivity contribution in [1.29, 1.82) is 0 Å². The van der Waals surface area contributed by atoms with E-state index in [-0.39, 0.29) is 0 Å². The fourth-order valence-electron chi connectivity index (χ4n) is 1.57. The molecule has 1 unspecified atom stereocenters. The Morgan fingerprint density at radius 3 is 2.21 bits per heavy atom. The summed E-state index contributed by atoms with van der Waals surface area (Å²) < 4.78 is 0. The van der Waals surface area contributed by atoms with Gasteiger partial charge in [-0.2, -0.15) is 0 Å². The van der Waals surface area contributed by atoms with Gasteiger partial charge >= 0.3 is 5.97 Å². The normalized spacial score (nSPS) is 15.1. The summed E-state index contributed by atoms with van der Waals surface area (Å²) in [6.07, 6.45) is 6.32. The average molecular weight is 221 g/mol. The number of carbonyl (C=O) groups is 1. The number of alkyl halides is 1. The molecular formula is C11H21ClO2. The lowest BCUT2D eigenvalue weighted by Crippen LogP contribution is -2.32. The van der Waals surface area contributed by atoms with Crippen molar-refractivity contribution in [2.24, 2.45) is 0 Å². The third kappa shape index (κ3) is 4.85. The highest BCUT2D eigenvalue weighted by atomic mass is 35.5. The van der Waals surface area contributed by atoms with E-state index in [1.807, 2.05) is 6.92 Å². The first kappa shape index (κ1) is 13.8. The van der Waals surface area contributed by atoms with Crippen LogP contribution in [0.25, 0.3) is 0 Å². The van der Waals surface area contributed by atoms with Gasteiger partial charge in [-0.15, -0.1) is 11.6 Å². The smallest absolute Gasteiger partial charge is 0.324 e. The number of halogens is 1. The summed E-state index contributed by atoms with van der Waals surface area (Å²) in [5, 5.41) is 8.99. The standard InChI is InChI=1S/C11H21ClO2/c1-3-5-6-7-9-11(12,8-4-2)10(13)14/h3-9H2,1-2H3,(H,13,14). The second kappa shape index (κ2) is 7.10. The van der Waals surface area contributed by atoms with E-state index in [9.17, 15) is 4.79 Å². The third-order valence-corrected chi connectivity index (χ3v) is 3.00. The van der Waals surface area contributed by atoms with Gasteiger partial charge in [0.1, 0.15) is 4.87 Å². The van der Waals surface area contributed by atoms with Gasteiger partial charge in [0.2, 0.25) is 0 Å². The molecule has 14 heavy (non-hydrogen) atoms. The van der Waals surface area contributed by atoms with Gasteiger partial charge in [-0.05, 0) is 12.8 Å². The SMILES string of the molecule is CCCCCCC(Cl)(CCC)C(=O)O. The minimum Gasteiger partial charge on any atom is -0.480 e. The first-order valence-electron chi connectivity index (χ1n) is 5.49. The van der Waals surface area contributed by atoms with Crippen molar-refractivity contribution in [3.05, 3.63) is 0 Å². The van der Waals surface area contributed by atoms with Crippen molar-refractivity contribution in [3.63, 3.8) is 0 Å². The number of carboxylic acids is 1. The fourth-order valence-corrected chi connectivity index (χ4v) is 1.89. The molecule has 0 rings (SSSR count). The fraction of sp³-hybridized carbons (Fsp3) is 0.909. The van der Waals surface area contributed by atoms with Gasteiger partial charge in [0.05, 0.1) is 0 Å². The van der Waals surface area contributed by atoms with Gasteiger partial charge in [0.15, 0.2) is 0 Å². The highest BCUT2D eigenvalue weighted by molar-refractivity contribution is 6.33. The third-order valence-electron chi connectivity index (χ3n) is 2.46. The second-order valence-electron chi connectivity index (χ2n) is 3.83. The Morgan fingerprint density at radius 1 is 1.14 bits per heavy atom. The highest BCUT2D eigenvalue weighted by Crippen LogP contribution is 2.28. The maximum absolute atomic E-state index is 10.9. The van der Waals surface area contributed by atoms with Gasteiger partial charge in [0.25, 0.3) is 0 Å². The molecule has 0 aliphatic rings. The van der Waals surface area contributed by atoms with Gasteiger partial charge in [-0.1, -0.05) is 46.0 Å². The van der Waals surface area contributed by atoms with Crippen molar-refractivity contribution in [2.75, 3.05) is 0 Å². The summed E-state index contributed by atoms with van der Waals surface area (Å²) in [5.74, 6) is -0.863. The molecule has 0 spiro atoms. The first-order chi connectivity index (χ1) is 6.56. The van der Waals surface area contributed by atoms with Crippen LogP contribution in [0, 0.1) is 0 Å². The predicted molar refractivity (Wildman–Crippen MR) is 59.9 cm³/mol. The lowest BCUT2D eigenvalue weighted by Gasteiger charge is -2.21. The van der Waals surface area contributed by atoms with Crippen LogP contribution in [0.4, 0.5) is 0 Å². The molecule has 1 atom stereocenters. The van der Waals surface area contributed by atoms with Crippen molar-refractivity contribution in [3.8, 4) is 0 Å². The Hall–Kier alpha value is -0.240. The molecule has 0 aromatic heterocycles. The molecule has 2 nitrogen and oxygen atoms in total. The Bertz CT molecular complexity index is 171. The molecule has 0 heterocycles. The van der Waals surface area contributed by atoms with E-state index in [0.717, 1.165) is 25.7 Å². The Kier molecular flexibility index (Phi) is 6.98. The molecule has 0 saturated carbocycles. The minimum atomic E-state index is -1.01. The molecule has 0 aliphatic carbocycles. The summed E-state index contributed by atoms with van der Waals surface area (Å²) in [4.78, 5) is 9.93. The molecule has 0 aromatic rings. The van der Waals surface area contributed by atoms with Gasteiger partial charge in [-0.3, -0.25) is 4.79 Å². The zero-order valence-corrected chi connectivity index (χ0v) is 9.94. The number of rotatable bonds is 8. The summed E-state index contributed by atoms with van der Waals surface area (Å²) in [5.41, 5.74) is 0. The van der Waals surface area contributed by atoms with E-state index in [1.54, 1.807) is 0 Å². The molecule has 1 N–H and O–H groups in total. The predicted octanol–water partition coefficient (Wildman–Crippen LogP) is 3.82. The van der Waals surface area contributed by atoms with Gasteiger partial charge < -0.3 is 5.11 Å². The largest absolute Gasteiger partial charge is 0.480 e. The van der Waals surface area contributed by atoms with Crippen molar-refractivity contribution < 1.29 is 9.90 Å². The molecule has 0 saturated heterocycles. The van der Waals surface area contributed by atoms with Crippen LogP contribution in [0.2, 0.25) is 0 Å². The van der Waals surface area contributed by atoms with Crippen LogP contribution in [0.3, 0.4) is 0 Å². The summed E-state index contributed by atoms with van der Waals surface area (Å²) in [6, 6.07) is 0. The van der Waals surface area contributed by atoms with E-state index < -0.39 is 10.8 Å². The number of unbranched alkanes of at least 4 members (excludes halogenated alkanes) is 3. The summed E-state index contributed by atoms with van der Waals surface area (Å²) >= 11 is 6.05. The first-order valence-corrected chi connectivity index (χ1v) is 5.87. The van der Waals surface area contributed by atoms with E-state index in [4.69, 9.17) is 16.7 Å². The Labute approximate surface area is 91.6 Å². The molecule has 0 fully saturated rings. The number of hydrogen-bond acceptors (Lipinski definition) is 1. The lowest BCUT2D eigenvalue weighted by molar-refractivity contribution is -0.140. The zero-order valence-electron chi connectivity index (χ0n) is 9.18. The average Bonchev–Trinajstić information content (AvgIpc) is 2.13. The minimum absolute atomic E-state index is 0.565. The van der Waals surface area contributed by atoms with Crippen LogP contribution >= 0.6 is 11.6 Å². The maximum atomic E-state index is 10.9. The van der Waals surface area contributed by atoms with E-state index in [0.29, 0.717) is 12.8 Å². The van der Waals surface area contributed by atoms with E-state index in [2.05, 4.69) is 6.92 Å². The highest BCUT2D eigenvalue weighted by Gasteiger charge is 2.34. The monoisotopic (exact) mass is 220 g/mol. The van der Waals surface area contributed by atoms with Crippen LogP contribution in [-0.2, 0) is 4.79 Å². The van der Waals surface area contributed by atoms with Crippen molar-refractivity contribution in [2.45, 2.75) is 63.7 Å². The van der Waals surface area contributed by atoms with Crippen LogP contribution in [0.5, 0.6) is 0 Å². The Morgan fingerprint density at radius 2 is 1.79 bits per heavy atom. The number of aliphatic carboxylic acids is 1. The molecule has 0 amide bonds. The number of hydrogen-bond donors (Lipinski definition) is 1. The number of carboxylic acid groups (broad SMARTS) is 1.